The smallest absolute Gasteiger partial charge is 0.248 e. The normalized spacial score (nSPS) is 19.2. The van der Waals surface area contributed by atoms with Crippen molar-refractivity contribution in [2.75, 3.05) is 53.2 Å². The van der Waals surface area contributed by atoms with Crippen molar-refractivity contribution in [1.82, 2.24) is 14.5 Å². The average Bonchev–Trinajstić information content (AvgIpc) is 2.96. The molecule has 1 aromatic heterocycles. The molecule has 7 heteroatoms. The van der Waals surface area contributed by atoms with Crippen LogP contribution < -0.4 is 0 Å². The maximum absolute atomic E-state index is 12.0. The van der Waals surface area contributed by atoms with Crippen molar-refractivity contribution >= 4 is 5.91 Å². The van der Waals surface area contributed by atoms with Gasteiger partial charge in [-0.05, 0) is 19.8 Å². The second kappa shape index (κ2) is 8.78. The highest BCUT2D eigenvalue weighted by Crippen LogP contribution is 2.28. The Balaban J connectivity index is 1.47. The molecule has 0 atom stereocenters. The molecule has 0 bridgehead atoms. The molecule has 0 aromatic carbocycles. The molecule has 0 N–H and O–H groups in total. The quantitative estimate of drug-likeness (QED) is 0.659. The molecule has 140 valence electrons. The number of hydrogen-bond donors (Lipinski definition) is 0. The number of likely N-dealkylation sites (tertiary alicyclic amines) is 1. The van der Waals surface area contributed by atoms with Crippen molar-refractivity contribution in [3.63, 3.8) is 0 Å². The summed E-state index contributed by atoms with van der Waals surface area (Å²) < 4.78 is 18.0. The second-order valence-electron chi connectivity index (χ2n) is 6.97. The maximum Gasteiger partial charge on any atom is 0.248 e. The van der Waals surface area contributed by atoms with E-state index in [0.29, 0.717) is 25.0 Å². The molecular formula is C18H29N3O4. The van der Waals surface area contributed by atoms with E-state index >= 15 is 0 Å². The van der Waals surface area contributed by atoms with Gasteiger partial charge in [-0.3, -0.25) is 4.79 Å². The lowest BCUT2D eigenvalue weighted by molar-refractivity contribution is -0.143. The number of amides is 1. The molecule has 0 aliphatic carbocycles. The highest BCUT2D eigenvalue weighted by Gasteiger charge is 2.32. The van der Waals surface area contributed by atoms with Crippen molar-refractivity contribution in [2.45, 2.75) is 32.2 Å². The molecule has 0 unspecified atom stereocenters. The molecule has 3 heterocycles. The summed E-state index contributed by atoms with van der Waals surface area (Å²) in [5, 5.41) is 0. The van der Waals surface area contributed by atoms with Gasteiger partial charge < -0.3 is 23.7 Å². The number of ether oxygens (including phenoxy) is 3. The predicted octanol–water partition coefficient (Wildman–Crippen LogP) is 1.21. The fourth-order valence-electron chi connectivity index (χ4n) is 3.54. The Labute approximate surface area is 149 Å². The Morgan fingerprint density at radius 2 is 2.08 bits per heavy atom. The van der Waals surface area contributed by atoms with Gasteiger partial charge in [0.05, 0.1) is 13.2 Å². The molecule has 2 saturated heterocycles. The van der Waals surface area contributed by atoms with Crippen LogP contribution in [-0.2, 0) is 25.5 Å². The molecule has 7 nitrogen and oxygen atoms in total. The van der Waals surface area contributed by atoms with Crippen molar-refractivity contribution in [2.24, 2.45) is 5.92 Å². The Bertz CT molecular complexity index is 563. The van der Waals surface area contributed by atoms with Gasteiger partial charge >= 0.3 is 0 Å². The minimum atomic E-state index is 0.0689. The summed E-state index contributed by atoms with van der Waals surface area (Å²) in [6.07, 6.45) is 4.06. The van der Waals surface area contributed by atoms with Gasteiger partial charge in [-0.1, -0.05) is 0 Å². The number of carbonyl (C=O) groups is 1. The lowest BCUT2D eigenvalue weighted by Crippen LogP contribution is -2.52. The zero-order chi connectivity index (χ0) is 17.6. The van der Waals surface area contributed by atoms with Crippen LogP contribution in [-0.4, -0.2) is 73.6 Å². The Kier molecular flexibility index (Phi) is 6.45. The maximum atomic E-state index is 12.0. The van der Waals surface area contributed by atoms with Crippen molar-refractivity contribution in [3.05, 3.63) is 17.7 Å². The number of aromatic nitrogens is 2. The number of methoxy groups -OCH3 is 1. The van der Waals surface area contributed by atoms with E-state index in [4.69, 9.17) is 14.2 Å². The van der Waals surface area contributed by atoms with Gasteiger partial charge in [0.15, 0.2) is 0 Å². The number of imidazole rings is 1. The van der Waals surface area contributed by atoms with Crippen LogP contribution >= 0.6 is 0 Å². The zero-order valence-electron chi connectivity index (χ0n) is 15.3. The molecule has 1 amide bonds. The first-order valence-corrected chi connectivity index (χ1v) is 9.13. The van der Waals surface area contributed by atoms with Crippen LogP contribution in [0.4, 0.5) is 0 Å². The monoisotopic (exact) mass is 351 g/mol. The highest BCUT2D eigenvalue weighted by atomic mass is 16.5. The van der Waals surface area contributed by atoms with Crippen molar-refractivity contribution in [3.8, 4) is 0 Å². The van der Waals surface area contributed by atoms with E-state index in [2.05, 4.69) is 16.5 Å². The number of carbonyl (C=O) groups excluding carboxylic acids is 1. The lowest BCUT2D eigenvalue weighted by atomic mass is 9.97. The first-order valence-electron chi connectivity index (χ1n) is 9.13. The van der Waals surface area contributed by atoms with Gasteiger partial charge in [0.1, 0.15) is 12.4 Å². The van der Waals surface area contributed by atoms with Crippen LogP contribution in [0.1, 0.15) is 30.3 Å². The van der Waals surface area contributed by atoms with E-state index in [0.717, 1.165) is 45.7 Å². The lowest BCUT2D eigenvalue weighted by Gasteiger charge is -2.40. The fraction of sp³-hybridized carbons (Fsp3) is 0.778. The molecule has 1 aromatic rings. The van der Waals surface area contributed by atoms with Crippen LogP contribution in [0.2, 0.25) is 0 Å². The second-order valence-corrected chi connectivity index (χ2v) is 6.97. The molecular weight excluding hydrogens is 322 g/mol. The summed E-state index contributed by atoms with van der Waals surface area (Å²) in [6, 6.07) is 0. The van der Waals surface area contributed by atoms with Gasteiger partial charge in [0.25, 0.3) is 0 Å². The van der Waals surface area contributed by atoms with Crippen molar-refractivity contribution < 1.29 is 19.0 Å². The van der Waals surface area contributed by atoms with E-state index in [9.17, 15) is 4.79 Å². The third-order valence-corrected chi connectivity index (χ3v) is 5.08. The average molecular weight is 351 g/mol. The van der Waals surface area contributed by atoms with E-state index in [-0.39, 0.29) is 12.5 Å². The number of nitrogens with zero attached hydrogens (tertiary/aromatic N) is 3. The van der Waals surface area contributed by atoms with Crippen LogP contribution in [0, 0.1) is 12.8 Å². The Morgan fingerprint density at radius 3 is 2.80 bits per heavy atom. The van der Waals surface area contributed by atoms with Crippen LogP contribution in [0.3, 0.4) is 0 Å². The molecule has 2 aliphatic rings. The van der Waals surface area contributed by atoms with Gasteiger partial charge in [-0.25, -0.2) is 4.98 Å². The standard InChI is InChI=1S/C18H29N3O4/c1-14-9-19-18(16-3-5-24-6-4-16)21(14)12-15-10-20(11-15)17(22)13-25-8-7-23-2/h9,15-16H,3-8,10-13H2,1-2H3. The van der Waals surface area contributed by atoms with Gasteiger partial charge in [0, 0.05) is 63.7 Å². The largest absolute Gasteiger partial charge is 0.382 e. The van der Waals surface area contributed by atoms with Gasteiger partial charge in [-0.15, -0.1) is 0 Å². The summed E-state index contributed by atoms with van der Waals surface area (Å²) >= 11 is 0. The first-order chi connectivity index (χ1) is 12.2. The third-order valence-electron chi connectivity index (χ3n) is 5.08. The zero-order valence-corrected chi connectivity index (χ0v) is 15.3. The van der Waals surface area contributed by atoms with Crippen LogP contribution in [0.5, 0.6) is 0 Å². The molecule has 2 aliphatic heterocycles. The minimum absolute atomic E-state index is 0.0689. The molecule has 0 radical (unpaired) electrons. The van der Waals surface area contributed by atoms with Crippen LogP contribution in [0.15, 0.2) is 6.20 Å². The minimum Gasteiger partial charge on any atom is -0.382 e. The van der Waals surface area contributed by atoms with Gasteiger partial charge in [0.2, 0.25) is 5.91 Å². The summed E-state index contributed by atoms with van der Waals surface area (Å²) in [5.41, 5.74) is 1.20. The summed E-state index contributed by atoms with van der Waals surface area (Å²) in [6.45, 7) is 7.43. The first kappa shape index (κ1) is 18.4. The van der Waals surface area contributed by atoms with Gasteiger partial charge in [-0.2, -0.15) is 0 Å². The van der Waals surface area contributed by atoms with E-state index < -0.39 is 0 Å². The summed E-state index contributed by atoms with van der Waals surface area (Å²) in [4.78, 5) is 18.6. The Morgan fingerprint density at radius 1 is 1.32 bits per heavy atom. The SMILES string of the molecule is COCCOCC(=O)N1CC(Cn2c(C)cnc2C2CCOCC2)C1. The molecule has 2 fully saturated rings. The predicted molar refractivity (Wildman–Crippen MR) is 92.5 cm³/mol. The van der Waals surface area contributed by atoms with Crippen LogP contribution in [0.25, 0.3) is 0 Å². The molecule has 0 spiro atoms. The van der Waals surface area contributed by atoms with E-state index in [1.807, 2.05) is 11.1 Å². The number of hydrogen-bond acceptors (Lipinski definition) is 5. The highest BCUT2D eigenvalue weighted by molar-refractivity contribution is 5.78. The number of aryl methyl sites for hydroxylation is 1. The van der Waals surface area contributed by atoms with E-state index in [1.54, 1.807) is 7.11 Å². The molecule has 0 saturated carbocycles. The molecule has 3 rings (SSSR count). The third kappa shape index (κ3) is 4.59. The Hall–Kier alpha value is -1.44. The van der Waals surface area contributed by atoms with E-state index in [1.165, 1.54) is 11.5 Å². The van der Waals surface area contributed by atoms with Crippen molar-refractivity contribution in [1.29, 1.82) is 0 Å². The summed E-state index contributed by atoms with van der Waals surface area (Å²) in [5.74, 6) is 2.25. The molecule has 25 heavy (non-hydrogen) atoms. The topological polar surface area (TPSA) is 65.8 Å². The summed E-state index contributed by atoms with van der Waals surface area (Å²) in [7, 11) is 1.62. The number of rotatable bonds is 8. The fourth-order valence-corrected chi connectivity index (χ4v) is 3.54.